The first-order valence-electron chi connectivity index (χ1n) is 6.98. The van der Waals surface area contributed by atoms with E-state index in [1.165, 1.54) is 41.5 Å². The van der Waals surface area contributed by atoms with Crippen LogP contribution in [0.3, 0.4) is 0 Å². The van der Waals surface area contributed by atoms with E-state index in [9.17, 15) is 0 Å². The van der Waals surface area contributed by atoms with Gasteiger partial charge in [-0.3, -0.25) is 0 Å². The van der Waals surface area contributed by atoms with E-state index in [1.807, 2.05) is 0 Å². The van der Waals surface area contributed by atoms with Gasteiger partial charge in [-0.25, -0.2) is 0 Å². The van der Waals surface area contributed by atoms with E-state index >= 15 is 0 Å². The molecule has 0 heteroatoms. The third-order valence-corrected chi connectivity index (χ3v) is 3.62. The van der Waals surface area contributed by atoms with Gasteiger partial charge in [-0.15, -0.1) is 0 Å². The highest BCUT2D eigenvalue weighted by Gasteiger charge is 2.12. The SMILES string of the molecule is C=C(C)[C@H](CCCC)c1cccc(/C(C)=C\C)c1. The topological polar surface area (TPSA) is 0 Å². The fourth-order valence-corrected chi connectivity index (χ4v) is 2.27. The van der Waals surface area contributed by atoms with Crippen molar-refractivity contribution in [2.75, 3.05) is 0 Å². The monoisotopic (exact) mass is 242 g/mol. The Labute approximate surface area is 112 Å². The molecular formula is C18H26. The van der Waals surface area contributed by atoms with Crippen LogP contribution in [0, 0.1) is 0 Å². The van der Waals surface area contributed by atoms with Crippen LogP contribution in [0.25, 0.3) is 5.57 Å². The van der Waals surface area contributed by atoms with Crippen molar-refractivity contribution in [1.29, 1.82) is 0 Å². The minimum absolute atomic E-state index is 0.509. The first-order chi connectivity index (χ1) is 8.60. The lowest BCUT2D eigenvalue weighted by Crippen LogP contribution is -2.00. The number of hydrogen-bond acceptors (Lipinski definition) is 0. The zero-order chi connectivity index (χ0) is 13.5. The molecule has 0 aliphatic carbocycles. The van der Waals surface area contributed by atoms with Crippen molar-refractivity contribution in [3.05, 3.63) is 53.6 Å². The normalized spacial score (nSPS) is 13.4. The fourth-order valence-electron chi connectivity index (χ4n) is 2.27. The summed E-state index contributed by atoms with van der Waals surface area (Å²) in [5, 5.41) is 0. The molecule has 0 saturated carbocycles. The van der Waals surface area contributed by atoms with Gasteiger partial charge in [-0.05, 0) is 43.9 Å². The lowest BCUT2D eigenvalue weighted by Gasteiger charge is -2.18. The Morgan fingerprint density at radius 3 is 2.61 bits per heavy atom. The second kappa shape index (κ2) is 7.20. The molecule has 0 aromatic heterocycles. The summed E-state index contributed by atoms with van der Waals surface area (Å²) in [5.41, 5.74) is 5.36. The van der Waals surface area contributed by atoms with Crippen LogP contribution in [0.2, 0.25) is 0 Å². The molecule has 1 rings (SSSR count). The summed E-state index contributed by atoms with van der Waals surface area (Å²) in [7, 11) is 0. The predicted molar refractivity (Wildman–Crippen MR) is 82.8 cm³/mol. The largest absolute Gasteiger partial charge is 0.0995 e. The Hall–Kier alpha value is -1.30. The van der Waals surface area contributed by atoms with Crippen LogP contribution in [0.1, 0.15) is 64.0 Å². The molecule has 1 aromatic carbocycles. The van der Waals surface area contributed by atoms with Gasteiger partial charge < -0.3 is 0 Å². The van der Waals surface area contributed by atoms with Gasteiger partial charge in [0.2, 0.25) is 0 Å². The zero-order valence-electron chi connectivity index (χ0n) is 12.3. The molecule has 98 valence electrons. The van der Waals surface area contributed by atoms with Crippen molar-refractivity contribution < 1.29 is 0 Å². The highest BCUT2D eigenvalue weighted by atomic mass is 14.2. The van der Waals surface area contributed by atoms with E-state index in [1.54, 1.807) is 0 Å². The Bertz CT molecular complexity index is 423. The van der Waals surface area contributed by atoms with Crippen LogP contribution in [0.15, 0.2) is 42.5 Å². The summed E-state index contributed by atoms with van der Waals surface area (Å²) >= 11 is 0. The molecule has 0 nitrogen and oxygen atoms in total. The first-order valence-corrected chi connectivity index (χ1v) is 6.98. The zero-order valence-corrected chi connectivity index (χ0v) is 12.3. The van der Waals surface area contributed by atoms with E-state index in [0.717, 1.165) is 0 Å². The van der Waals surface area contributed by atoms with Crippen LogP contribution in [0.4, 0.5) is 0 Å². The number of benzene rings is 1. The molecule has 18 heavy (non-hydrogen) atoms. The lowest BCUT2D eigenvalue weighted by molar-refractivity contribution is 0.643. The first kappa shape index (κ1) is 14.8. The lowest BCUT2D eigenvalue weighted by atomic mass is 9.87. The van der Waals surface area contributed by atoms with Crippen molar-refractivity contribution in [2.45, 2.75) is 52.9 Å². The maximum atomic E-state index is 4.16. The van der Waals surface area contributed by atoms with Gasteiger partial charge in [0.25, 0.3) is 0 Å². The van der Waals surface area contributed by atoms with Crippen molar-refractivity contribution in [3.63, 3.8) is 0 Å². The quantitative estimate of drug-likeness (QED) is 0.540. The molecule has 0 aliphatic heterocycles. The van der Waals surface area contributed by atoms with Crippen LogP contribution < -0.4 is 0 Å². The van der Waals surface area contributed by atoms with E-state index < -0.39 is 0 Å². The summed E-state index contributed by atoms with van der Waals surface area (Å²) in [4.78, 5) is 0. The van der Waals surface area contributed by atoms with Crippen LogP contribution in [-0.4, -0.2) is 0 Å². The molecule has 0 N–H and O–H groups in total. The van der Waals surface area contributed by atoms with E-state index in [4.69, 9.17) is 0 Å². The molecule has 0 saturated heterocycles. The van der Waals surface area contributed by atoms with Gasteiger partial charge in [0.1, 0.15) is 0 Å². The molecular weight excluding hydrogens is 216 g/mol. The molecule has 0 bridgehead atoms. The summed E-state index contributed by atoms with van der Waals surface area (Å²) in [6.45, 7) is 12.8. The molecule has 0 spiro atoms. The van der Waals surface area contributed by atoms with Gasteiger partial charge in [0, 0.05) is 5.92 Å². The third-order valence-electron chi connectivity index (χ3n) is 3.62. The highest BCUT2D eigenvalue weighted by molar-refractivity contribution is 5.64. The van der Waals surface area contributed by atoms with Crippen molar-refractivity contribution >= 4 is 5.57 Å². The average Bonchev–Trinajstić information content (AvgIpc) is 2.38. The predicted octanol–water partition coefficient (Wildman–Crippen LogP) is 5.96. The van der Waals surface area contributed by atoms with E-state index in [2.05, 4.69) is 64.6 Å². The van der Waals surface area contributed by atoms with Gasteiger partial charge in [0.15, 0.2) is 0 Å². The molecule has 1 aromatic rings. The second-order valence-corrected chi connectivity index (χ2v) is 5.14. The minimum Gasteiger partial charge on any atom is -0.0995 e. The Morgan fingerprint density at radius 2 is 2.06 bits per heavy atom. The van der Waals surface area contributed by atoms with Gasteiger partial charge in [0.05, 0.1) is 0 Å². The van der Waals surface area contributed by atoms with Gasteiger partial charge in [-0.1, -0.05) is 62.3 Å². The van der Waals surface area contributed by atoms with Crippen LogP contribution in [0.5, 0.6) is 0 Å². The summed E-state index contributed by atoms with van der Waals surface area (Å²) < 4.78 is 0. The smallest absolute Gasteiger partial charge is 0.00429 e. The number of unbranched alkanes of at least 4 members (excludes halogenated alkanes) is 1. The molecule has 0 fully saturated rings. The van der Waals surface area contributed by atoms with Crippen LogP contribution in [-0.2, 0) is 0 Å². The summed E-state index contributed by atoms with van der Waals surface area (Å²) in [6.07, 6.45) is 5.90. The van der Waals surface area contributed by atoms with Gasteiger partial charge >= 0.3 is 0 Å². The summed E-state index contributed by atoms with van der Waals surface area (Å²) in [5.74, 6) is 0.509. The second-order valence-electron chi connectivity index (χ2n) is 5.14. The maximum absolute atomic E-state index is 4.16. The number of rotatable bonds is 6. The standard InChI is InChI=1S/C18H26/c1-6-8-12-18(14(3)4)17-11-9-10-16(13-17)15(5)7-2/h7,9-11,13,18H,3,6,8,12H2,1-2,4-5H3/b15-7-/t18-/m0/s1. The molecule has 1 atom stereocenters. The maximum Gasteiger partial charge on any atom is 0.00429 e. The highest BCUT2D eigenvalue weighted by Crippen LogP contribution is 2.30. The number of allylic oxidation sites excluding steroid dienone is 3. The van der Waals surface area contributed by atoms with E-state index in [-0.39, 0.29) is 0 Å². The molecule has 0 aliphatic rings. The molecule has 0 radical (unpaired) electrons. The van der Waals surface area contributed by atoms with Crippen molar-refractivity contribution in [2.24, 2.45) is 0 Å². The number of hydrogen-bond donors (Lipinski definition) is 0. The average molecular weight is 242 g/mol. The van der Waals surface area contributed by atoms with Crippen molar-refractivity contribution in [1.82, 2.24) is 0 Å². The van der Waals surface area contributed by atoms with Crippen molar-refractivity contribution in [3.8, 4) is 0 Å². The third kappa shape index (κ3) is 3.87. The summed E-state index contributed by atoms with van der Waals surface area (Å²) in [6, 6.07) is 8.92. The fraction of sp³-hybridized carbons (Fsp3) is 0.444. The molecule has 0 unspecified atom stereocenters. The van der Waals surface area contributed by atoms with E-state index in [0.29, 0.717) is 5.92 Å². The minimum atomic E-state index is 0.509. The van der Waals surface area contributed by atoms with Gasteiger partial charge in [-0.2, -0.15) is 0 Å². The Balaban J connectivity index is 3.01. The Morgan fingerprint density at radius 1 is 1.33 bits per heavy atom. The molecule has 0 heterocycles. The molecule has 0 amide bonds. The van der Waals surface area contributed by atoms with Crippen LogP contribution >= 0.6 is 0 Å². The Kier molecular flexibility index (Phi) is 5.91.